The summed E-state index contributed by atoms with van der Waals surface area (Å²) in [4.78, 5) is 20.5. The molecular formula is C19H21FN4O2. The second-order valence-electron chi connectivity index (χ2n) is 6.55. The van der Waals surface area contributed by atoms with E-state index in [1.165, 1.54) is 6.07 Å². The molecule has 2 aliphatic heterocycles. The zero-order chi connectivity index (χ0) is 18.0. The van der Waals surface area contributed by atoms with Crippen LogP contribution in [0, 0.1) is 5.95 Å². The maximum atomic E-state index is 13.4. The number of carbonyl (C=O) groups excluding carboxylic acids is 1. The molecule has 1 aromatic heterocycles. The van der Waals surface area contributed by atoms with Crippen LogP contribution >= 0.6 is 0 Å². The summed E-state index contributed by atoms with van der Waals surface area (Å²) >= 11 is 0. The van der Waals surface area contributed by atoms with Crippen molar-refractivity contribution in [3.63, 3.8) is 0 Å². The van der Waals surface area contributed by atoms with E-state index in [1.807, 2.05) is 35.2 Å². The molecule has 26 heavy (non-hydrogen) atoms. The molecule has 1 spiro atoms. The number of carbonyl (C=O) groups is 1. The minimum atomic E-state index is -0.595. The van der Waals surface area contributed by atoms with Crippen LogP contribution in [0.5, 0.6) is 0 Å². The fourth-order valence-corrected chi connectivity index (χ4v) is 3.68. The molecule has 2 aromatic rings. The molecule has 3 heterocycles. The van der Waals surface area contributed by atoms with Crippen molar-refractivity contribution in [2.75, 3.05) is 36.5 Å². The molecule has 7 heteroatoms. The number of hydrogen-bond acceptors (Lipinski definition) is 4. The summed E-state index contributed by atoms with van der Waals surface area (Å²) in [5.41, 5.74) is 0.170. The predicted molar refractivity (Wildman–Crippen MR) is 96.5 cm³/mol. The van der Waals surface area contributed by atoms with Crippen molar-refractivity contribution in [1.29, 1.82) is 0 Å². The van der Waals surface area contributed by atoms with Gasteiger partial charge in [-0.2, -0.15) is 4.39 Å². The van der Waals surface area contributed by atoms with E-state index in [-0.39, 0.29) is 6.03 Å². The SMILES string of the molecule is O=C(Nc1ccccc1)N1CCOC12CCN(c1cccc(F)n1)CC2. The van der Waals surface area contributed by atoms with E-state index in [9.17, 15) is 9.18 Å². The average Bonchev–Trinajstić information content (AvgIpc) is 3.06. The minimum Gasteiger partial charge on any atom is -0.356 e. The molecule has 0 saturated carbocycles. The van der Waals surface area contributed by atoms with Crippen molar-refractivity contribution in [2.24, 2.45) is 0 Å². The molecule has 0 radical (unpaired) electrons. The first kappa shape index (κ1) is 16.8. The molecule has 0 unspecified atom stereocenters. The first-order chi connectivity index (χ1) is 12.7. The van der Waals surface area contributed by atoms with Gasteiger partial charge in [-0.15, -0.1) is 0 Å². The Hall–Kier alpha value is -2.67. The van der Waals surface area contributed by atoms with Crippen LogP contribution in [0.25, 0.3) is 0 Å². The third-order valence-electron chi connectivity index (χ3n) is 5.02. The number of anilines is 2. The first-order valence-corrected chi connectivity index (χ1v) is 8.81. The third-order valence-corrected chi connectivity index (χ3v) is 5.02. The van der Waals surface area contributed by atoms with Crippen LogP contribution in [0.2, 0.25) is 0 Å². The Balaban J connectivity index is 1.44. The van der Waals surface area contributed by atoms with Gasteiger partial charge >= 0.3 is 6.03 Å². The van der Waals surface area contributed by atoms with Crippen LogP contribution in [-0.2, 0) is 4.74 Å². The van der Waals surface area contributed by atoms with Crippen LogP contribution in [0.1, 0.15) is 12.8 Å². The normalized spacial score (nSPS) is 19.0. The lowest BCUT2D eigenvalue weighted by Gasteiger charge is -2.43. The highest BCUT2D eigenvalue weighted by Crippen LogP contribution is 2.35. The van der Waals surface area contributed by atoms with E-state index < -0.39 is 11.7 Å². The molecule has 0 bridgehead atoms. The molecule has 4 rings (SSSR count). The summed E-state index contributed by atoms with van der Waals surface area (Å²) in [5, 5.41) is 2.94. The zero-order valence-corrected chi connectivity index (χ0v) is 14.4. The Morgan fingerprint density at radius 1 is 1.08 bits per heavy atom. The topological polar surface area (TPSA) is 57.7 Å². The summed E-state index contributed by atoms with van der Waals surface area (Å²) in [5.74, 6) is 0.141. The standard InChI is InChI=1S/C19H21FN4O2/c20-16-7-4-8-17(22-16)23-11-9-19(10-12-23)24(13-14-26-19)18(25)21-15-5-2-1-3-6-15/h1-8H,9-14H2,(H,21,25). The number of ether oxygens (including phenoxy) is 1. The number of aromatic nitrogens is 1. The molecule has 2 aliphatic rings. The molecule has 2 amide bonds. The molecule has 0 aliphatic carbocycles. The van der Waals surface area contributed by atoms with E-state index in [2.05, 4.69) is 10.3 Å². The van der Waals surface area contributed by atoms with Gasteiger partial charge < -0.3 is 15.0 Å². The summed E-state index contributed by atoms with van der Waals surface area (Å²) in [7, 11) is 0. The van der Waals surface area contributed by atoms with Crippen LogP contribution < -0.4 is 10.2 Å². The highest BCUT2D eigenvalue weighted by Gasteiger charge is 2.47. The number of hydrogen-bond donors (Lipinski definition) is 1. The number of halogens is 1. The van der Waals surface area contributed by atoms with Gasteiger partial charge in [0.15, 0.2) is 0 Å². The number of piperidine rings is 1. The number of nitrogens with one attached hydrogen (secondary N) is 1. The molecule has 1 aromatic carbocycles. The molecule has 2 saturated heterocycles. The lowest BCUT2D eigenvalue weighted by atomic mass is 9.99. The predicted octanol–water partition coefficient (Wildman–Crippen LogP) is 3.08. The Morgan fingerprint density at radius 3 is 2.58 bits per heavy atom. The minimum absolute atomic E-state index is 0.147. The Kier molecular flexibility index (Phi) is 4.46. The highest BCUT2D eigenvalue weighted by atomic mass is 19.1. The fourth-order valence-electron chi connectivity index (χ4n) is 3.68. The Labute approximate surface area is 151 Å². The average molecular weight is 356 g/mol. The number of urea groups is 1. The fraction of sp³-hybridized carbons (Fsp3) is 0.368. The first-order valence-electron chi connectivity index (χ1n) is 8.81. The second kappa shape index (κ2) is 6.92. The van der Waals surface area contributed by atoms with Gasteiger partial charge in [0.05, 0.1) is 6.61 Å². The number of benzene rings is 1. The summed E-state index contributed by atoms with van der Waals surface area (Å²) in [6.45, 7) is 2.41. The van der Waals surface area contributed by atoms with Crippen LogP contribution in [0.15, 0.2) is 48.5 Å². The van der Waals surface area contributed by atoms with Crippen molar-refractivity contribution < 1.29 is 13.9 Å². The van der Waals surface area contributed by atoms with Crippen LogP contribution in [0.3, 0.4) is 0 Å². The van der Waals surface area contributed by atoms with Crippen molar-refractivity contribution >= 4 is 17.5 Å². The van der Waals surface area contributed by atoms with Gasteiger partial charge in [-0.3, -0.25) is 4.90 Å². The Bertz CT molecular complexity index is 778. The number of para-hydroxylation sites is 1. The monoisotopic (exact) mass is 356 g/mol. The van der Waals surface area contributed by atoms with Crippen molar-refractivity contribution in [3.05, 3.63) is 54.5 Å². The van der Waals surface area contributed by atoms with Gasteiger partial charge in [0.25, 0.3) is 0 Å². The van der Waals surface area contributed by atoms with Crippen molar-refractivity contribution in [2.45, 2.75) is 18.6 Å². The molecule has 2 fully saturated rings. The van der Waals surface area contributed by atoms with E-state index >= 15 is 0 Å². The maximum Gasteiger partial charge on any atom is 0.324 e. The van der Waals surface area contributed by atoms with E-state index in [1.54, 1.807) is 17.0 Å². The number of nitrogens with zero attached hydrogens (tertiary/aromatic N) is 3. The lowest BCUT2D eigenvalue weighted by Crippen LogP contribution is -2.56. The van der Waals surface area contributed by atoms with Crippen molar-refractivity contribution in [3.8, 4) is 0 Å². The van der Waals surface area contributed by atoms with Crippen molar-refractivity contribution in [1.82, 2.24) is 9.88 Å². The number of amides is 2. The highest BCUT2D eigenvalue weighted by molar-refractivity contribution is 5.89. The molecule has 6 nitrogen and oxygen atoms in total. The zero-order valence-electron chi connectivity index (χ0n) is 14.4. The van der Waals surface area contributed by atoms with Crippen LogP contribution in [0.4, 0.5) is 20.7 Å². The van der Waals surface area contributed by atoms with Gasteiger partial charge in [0.1, 0.15) is 11.5 Å². The molecule has 0 atom stereocenters. The lowest BCUT2D eigenvalue weighted by molar-refractivity contribution is -0.0780. The van der Waals surface area contributed by atoms with E-state index in [4.69, 9.17) is 4.74 Å². The van der Waals surface area contributed by atoms with E-state index in [0.29, 0.717) is 44.9 Å². The Morgan fingerprint density at radius 2 is 1.85 bits per heavy atom. The van der Waals surface area contributed by atoms with E-state index in [0.717, 1.165) is 5.69 Å². The smallest absolute Gasteiger partial charge is 0.324 e. The van der Waals surface area contributed by atoms with Gasteiger partial charge in [0, 0.05) is 38.2 Å². The quantitative estimate of drug-likeness (QED) is 0.840. The third kappa shape index (κ3) is 3.22. The van der Waals surface area contributed by atoms with Gasteiger partial charge in [0.2, 0.25) is 5.95 Å². The second-order valence-corrected chi connectivity index (χ2v) is 6.55. The van der Waals surface area contributed by atoms with Crippen LogP contribution in [-0.4, -0.2) is 47.9 Å². The molecular weight excluding hydrogens is 335 g/mol. The van der Waals surface area contributed by atoms with Gasteiger partial charge in [-0.05, 0) is 24.3 Å². The summed E-state index contributed by atoms with van der Waals surface area (Å²) < 4.78 is 19.4. The number of pyridine rings is 1. The molecule has 1 N–H and O–H groups in total. The van der Waals surface area contributed by atoms with Gasteiger partial charge in [-0.25, -0.2) is 9.78 Å². The summed E-state index contributed by atoms with van der Waals surface area (Å²) in [6.07, 6.45) is 1.32. The largest absolute Gasteiger partial charge is 0.356 e. The van der Waals surface area contributed by atoms with Gasteiger partial charge in [-0.1, -0.05) is 24.3 Å². The maximum absolute atomic E-state index is 13.4. The molecule has 136 valence electrons. The number of rotatable bonds is 2. The summed E-state index contributed by atoms with van der Waals surface area (Å²) in [6, 6.07) is 14.1.